The SMILES string of the molecule is CCSc1nc([O-])c2[n+](n1)C(c1cccs1)N(C(=O)CC)c1ccccc1-2. The predicted molar refractivity (Wildman–Crippen MR) is 104 cm³/mol. The van der Waals surface area contributed by atoms with Gasteiger partial charge in [-0.25, -0.2) is 9.88 Å². The molecule has 0 N–H and O–H groups in total. The highest BCUT2D eigenvalue weighted by Crippen LogP contribution is 2.41. The number of para-hydroxylation sites is 1. The molecule has 0 fully saturated rings. The van der Waals surface area contributed by atoms with Crippen molar-refractivity contribution in [2.45, 2.75) is 31.6 Å². The number of fused-ring (bicyclic) bond motifs is 3. The fourth-order valence-corrected chi connectivity index (χ4v) is 4.61. The van der Waals surface area contributed by atoms with Crippen molar-refractivity contribution in [3.05, 3.63) is 46.7 Å². The monoisotopic (exact) mass is 398 g/mol. The average Bonchev–Trinajstić information content (AvgIpc) is 3.20. The molecule has 0 saturated heterocycles. The summed E-state index contributed by atoms with van der Waals surface area (Å²) >= 11 is 2.96. The summed E-state index contributed by atoms with van der Waals surface area (Å²) in [4.78, 5) is 19.8. The molecule has 3 heterocycles. The second-order valence-corrected chi connectivity index (χ2v) is 8.16. The number of amides is 1. The first-order valence-electron chi connectivity index (χ1n) is 8.74. The van der Waals surface area contributed by atoms with Crippen LogP contribution in [0.2, 0.25) is 0 Å². The van der Waals surface area contributed by atoms with Crippen LogP contribution in [0, 0.1) is 0 Å². The summed E-state index contributed by atoms with van der Waals surface area (Å²) in [6, 6.07) is 11.4. The highest BCUT2D eigenvalue weighted by molar-refractivity contribution is 7.99. The maximum absolute atomic E-state index is 12.9. The summed E-state index contributed by atoms with van der Waals surface area (Å²) in [5.74, 6) is 0.421. The van der Waals surface area contributed by atoms with Crippen molar-refractivity contribution < 1.29 is 14.6 Å². The zero-order valence-electron chi connectivity index (χ0n) is 15.0. The van der Waals surface area contributed by atoms with Crippen molar-refractivity contribution in [1.82, 2.24) is 10.1 Å². The molecule has 6 nitrogen and oxygen atoms in total. The minimum absolute atomic E-state index is 0.0187. The maximum Gasteiger partial charge on any atom is 0.302 e. The van der Waals surface area contributed by atoms with Crippen LogP contribution in [0.5, 0.6) is 5.88 Å². The molecule has 1 aliphatic rings. The van der Waals surface area contributed by atoms with Gasteiger partial charge in [0.15, 0.2) is 0 Å². The molecule has 0 aliphatic carbocycles. The molecule has 2 aromatic heterocycles. The Morgan fingerprint density at radius 1 is 1.30 bits per heavy atom. The molecule has 4 rings (SSSR count). The second-order valence-electron chi connectivity index (χ2n) is 5.95. The van der Waals surface area contributed by atoms with Crippen LogP contribution in [0.15, 0.2) is 46.9 Å². The molecule has 1 atom stereocenters. The molecule has 3 aromatic rings. The van der Waals surface area contributed by atoms with E-state index >= 15 is 0 Å². The van der Waals surface area contributed by atoms with E-state index in [-0.39, 0.29) is 11.8 Å². The largest absolute Gasteiger partial charge is 0.854 e. The van der Waals surface area contributed by atoms with E-state index in [4.69, 9.17) is 0 Å². The van der Waals surface area contributed by atoms with Crippen LogP contribution in [-0.2, 0) is 4.79 Å². The number of rotatable bonds is 4. The zero-order chi connectivity index (χ0) is 19.0. The summed E-state index contributed by atoms with van der Waals surface area (Å²) in [6.07, 6.45) is -0.132. The average molecular weight is 399 g/mol. The third-order valence-electron chi connectivity index (χ3n) is 4.36. The quantitative estimate of drug-likeness (QED) is 0.499. The molecule has 0 bridgehead atoms. The van der Waals surface area contributed by atoms with Crippen molar-refractivity contribution in [3.63, 3.8) is 0 Å². The summed E-state index contributed by atoms with van der Waals surface area (Å²) in [6.45, 7) is 3.83. The van der Waals surface area contributed by atoms with Gasteiger partial charge in [-0.1, -0.05) is 48.5 Å². The highest BCUT2D eigenvalue weighted by Gasteiger charge is 2.44. The third kappa shape index (κ3) is 2.98. The van der Waals surface area contributed by atoms with Crippen LogP contribution in [0.4, 0.5) is 5.69 Å². The fraction of sp³-hybridized carbons (Fsp3) is 0.263. The number of aromatic nitrogens is 3. The number of hydrogen-bond acceptors (Lipinski definition) is 6. The van der Waals surface area contributed by atoms with Gasteiger partial charge >= 0.3 is 6.17 Å². The number of thioether (sulfide) groups is 1. The summed E-state index contributed by atoms with van der Waals surface area (Å²) < 4.78 is 1.68. The van der Waals surface area contributed by atoms with Gasteiger partial charge in [0.25, 0.3) is 10.9 Å². The smallest absolute Gasteiger partial charge is 0.302 e. The van der Waals surface area contributed by atoms with E-state index in [9.17, 15) is 9.90 Å². The Labute approximate surface area is 165 Å². The summed E-state index contributed by atoms with van der Waals surface area (Å²) in [5.41, 5.74) is 1.83. The van der Waals surface area contributed by atoms with Crippen LogP contribution in [0.1, 0.15) is 31.3 Å². The minimum Gasteiger partial charge on any atom is -0.854 e. The molecule has 1 amide bonds. The molecular weight excluding hydrogens is 380 g/mol. The number of anilines is 1. The summed E-state index contributed by atoms with van der Waals surface area (Å²) in [7, 11) is 0. The predicted octanol–water partition coefficient (Wildman–Crippen LogP) is 2.98. The van der Waals surface area contributed by atoms with E-state index in [1.165, 1.54) is 11.8 Å². The second kappa shape index (κ2) is 7.28. The first-order valence-corrected chi connectivity index (χ1v) is 10.6. The fourth-order valence-electron chi connectivity index (χ4n) is 3.26. The molecule has 8 heteroatoms. The van der Waals surface area contributed by atoms with Gasteiger partial charge in [0.2, 0.25) is 5.91 Å². The van der Waals surface area contributed by atoms with E-state index in [2.05, 4.69) is 10.1 Å². The maximum atomic E-state index is 12.9. The van der Waals surface area contributed by atoms with Gasteiger partial charge in [-0.05, 0) is 29.3 Å². The molecule has 138 valence electrons. The van der Waals surface area contributed by atoms with E-state index in [0.29, 0.717) is 22.8 Å². The molecule has 0 saturated carbocycles. The first-order chi connectivity index (χ1) is 13.2. The van der Waals surface area contributed by atoms with E-state index < -0.39 is 6.17 Å². The Morgan fingerprint density at radius 3 is 2.81 bits per heavy atom. The molecule has 0 spiro atoms. The Balaban J connectivity index is 2.04. The van der Waals surface area contributed by atoms with Gasteiger partial charge in [-0.2, -0.15) is 0 Å². The van der Waals surface area contributed by atoms with Gasteiger partial charge < -0.3 is 5.11 Å². The topological polar surface area (TPSA) is 73.0 Å². The van der Waals surface area contributed by atoms with Crippen molar-refractivity contribution in [2.75, 3.05) is 10.7 Å². The zero-order valence-corrected chi connectivity index (χ0v) is 16.6. The lowest BCUT2D eigenvalue weighted by molar-refractivity contribution is -0.763. The number of nitrogens with zero attached hydrogens (tertiary/aromatic N) is 4. The Bertz CT molecular complexity index is 991. The Kier molecular flexibility index (Phi) is 4.84. The molecule has 1 aromatic carbocycles. The minimum atomic E-state index is -0.491. The van der Waals surface area contributed by atoms with Gasteiger partial charge in [0, 0.05) is 11.5 Å². The standard InChI is InChI=1S/C19H18N4O2S2/c1-3-15(24)22-13-9-6-5-8-12(13)16-17(25)20-19(26-4-2)21-23(16)18(22)14-10-7-11-27-14/h5-11,18H,3-4H2,1-2H3. The van der Waals surface area contributed by atoms with Gasteiger partial charge in [-0.15, -0.1) is 11.3 Å². The van der Waals surface area contributed by atoms with Crippen molar-refractivity contribution in [3.8, 4) is 17.1 Å². The van der Waals surface area contributed by atoms with E-state index in [1.54, 1.807) is 20.9 Å². The number of hydrogen-bond donors (Lipinski definition) is 0. The van der Waals surface area contributed by atoms with Crippen LogP contribution < -0.4 is 14.7 Å². The van der Waals surface area contributed by atoms with Crippen LogP contribution >= 0.6 is 23.1 Å². The highest BCUT2D eigenvalue weighted by atomic mass is 32.2. The van der Waals surface area contributed by atoms with Gasteiger partial charge in [0.05, 0.1) is 22.0 Å². The lowest BCUT2D eigenvalue weighted by Gasteiger charge is -2.32. The number of benzene rings is 1. The molecule has 1 aliphatic heterocycles. The Morgan fingerprint density at radius 2 is 2.11 bits per heavy atom. The number of carbonyl (C=O) groups is 1. The van der Waals surface area contributed by atoms with Gasteiger partial charge in [0.1, 0.15) is 0 Å². The van der Waals surface area contributed by atoms with Crippen LogP contribution in [0.25, 0.3) is 11.3 Å². The van der Waals surface area contributed by atoms with Crippen molar-refractivity contribution >= 4 is 34.7 Å². The van der Waals surface area contributed by atoms with Crippen LogP contribution in [0.3, 0.4) is 0 Å². The molecule has 1 unspecified atom stereocenters. The third-order valence-corrected chi connectivity index (χ3v) is 5.99. The normalized spacial score (nSPS) is 15.3. The molecular formula is C19H18N4O2S2. The van der Waals surface area contributed by atoms with E-state index in [0.717, 1.165) is 16.3 Å². The van der Waals surface area contributed by atoms with Crippen molar-refractivity contribution in [1.29, 1.82) is 0 Å². The van der Waals surface area contributed by atoms with E-state index in [1.807, 2.05) is 55.6 Å². The lowest BCUT2D eigenvalue weighted by Crippen LogP contribution is -2.58. The lowest BCUT2D eigenvalue weighted by atomic mass is 10.0. The number of thiophene rings is 1. The summed E-state index contributed by atoms with van der Waals surface area (Å²) in [5, 5.41) is 19.9. The molecule has 27 heavy (non-hydrogen) atoms. The number of carbonyl (C=O) groups excluding carboxylic acids is 1. The van der Waals surface area contributed by atoms with Crippen LogP contribution in [-0.4, -0.2) is 21.7 Å². The Hall–Kier alpha value is -2.45. The first kappa shape index (κ1) is 17.9. The van der Waals surface area contributed by atoms with Gasteiger partial charge in [-0.3, -0.25) is 4.79 Å². The van der Waals surface area contributed by atoms with Crippen molar-refractivity contribution in [2.24, 2.45) is 0 Å². The molecule has 0 radical (unpaired) electrons.